The summed E-state index contributed by atoms with van der Waals surface area (Å²) in [6.07, 6.45) is 4.57. The Morgan fingerprint density at radius 2 is 2.00 bits per heavy atom. The van der Waals surface area contributed by atoms with Crippen LogP contribution in [0.3, 0.4) is 0 Å². The van der Waals surface area contributed by atoms with E-state index in [1.54, 1.807) is 6.92 Å². The molecular weight excluding hydrogens is 266 g/mol. The Labute approximate surface area is 126 Å². The molecule has 0 spiro atoms. The molecule has 1 aromatic rings. The highest BCUT2D eigenvalue weighted by Gasteiger charge is 2.29. The van der Waals surface area contributed by atoms with Gasteiger partial charge in [-0.3, -0.25) is 5.32 Å². The molecule has 3 atom stereocenters. The summed E-state index contributed by atoms with van der Waals surface area (Å²) in [7, 11) is 0. The molecule has 116 valence electrons. The van der Waals surface area contributed by atoms with Gasteiger partial charge in [0.15, 0.2) is 0 Å². The van der Waals surface area contributed by atoms with Crippen molar-refractivity contribution in [1.29, 1.82) is 0 Å². The van der Waals surface area contributed by atoms with Crippen molar-refractivity contribution in [1.82, 2.24) is 5.32 Å². The minimum atomic E-state index is -0.510. The molecule has 0 amide bonds. The summed E-state index contributed by atoms with van der Waals surface area (Å²) < 4.78 is 5.18. The molecule has 2 rings (SSSR count). The monoisotopic (exact) mass is 291 g/mol. The maximum atomic E-state index is 12.2. The molecule has 1 aliphatic rings. The van der Waals surface area contributed by atoms with Crippen LogP contribution in [0.4, 0.5) is 0 Å². The highest BCUT2D eigenvalue weighted by atomic mass is 16.5. The highest BCUT2D eigenvalue weighted by Crippen LogP contribution is 2.22. The van der Waals surface area contributed by atoms with Crippen LogP contribution in [0.2, 0.25) is 0 Å². The second-order valence-corrected chi connectivity index (χ2v) is 5.57. The molecule has 1 aromatic carbocycles. The summed E-state index contributed by atoms with van der Waals surface area (Å²) in [5.74, 6) is -0.278. The Balaban J connectivity index is 2.13. The first kappa shape index (κ1) is 16.0. The van der Waals surface area contributed by atoms with Crippen molar-refractivity contribution in [2.24, 2.45) is 0 Å². The zero-order chi connectivity index (χ0) is 15.1. The van der Waals surface area contributed by atoms with Crippen LogP contribution >= 0.6 is 0 Å². The number of hydrogen-bond acceptors (Lipinski definition) is 4. The zero-order valence-corrected chi connectivity index (χ0v) is 12.6. The number of esters is 1. The molecule has 0 aromatic heterocycles. The lowest BCUT2D eigenvalue weighted by Crippen LogP contribution is -2.44. The number of ether oxygens (including phenoxy) is 1. The van der Waals surface area contributed by atoms with E-state index in [9.17, 15) is 9.90 Å². The minimum Gasteiger partial charge on any atom is -0.465 e. The number of nitrogens with one attached hydrogen (secondary N) is 1. The summed E-state index contributed by atoms with van der Waals surface area (Å²) in [4.78, 5) is 12.2. The molecule has 0 saturated heterocycles. The van der Waals surface area contributed by atoms with Gasteiger partial charge in [0.05, 0.1) is 12.7 Å². The number of aliphatic hydroxyl groups is 1. The molecule has 1 fully saturated rings. The summed E-state index contributed by atoms with van der Waals surface area (Å²) in [6.45, 7) is 2.16. The van der Waals surface area contributed by atoms with E-state index in [4.69, 9.17) is 4.74 Å². The number of aliphatic hydroxyl groups excluding tert-OH is 1. The first-order valence-electron chi connectivity index (χ1n) is 7.88. The van der Waals surface area contributed by atoms with E-state index in [2.05, 4.69) is 5.32 Å². The maximum Gasteiger partial charge on any atom is 0.327 e. The minimum absolute atomic E-state index is 0.0536. The number of hydrogen-bond donors (Lipinski definition) is 2. The van der Waals surface area contributed by atoms with Crippen LogP contribution in [-0.2, 0) is 9.53 Å². The number of benzene rings is 1. The van der Waals surface area contributed by atoms with Crippen molar-refractivity contribution in [2.45, 2.75) is 57.2 Å². The molecule has 2 N–H and O–H groups in total. The van der Waals surface area contributed by atoms with Crippen LogP contribution in [0.25, 0.3) is 0 Å². The number of carbonyl (C=O) groups is 1. The molecule has 1 saturated carbocycles. The Morgan fingerprint density at radius 1 is 1.29 bits per heavy atom. The fraction of sp³-hybridized carbons (Fsp3) is 0.588. The van der Waals surface area contributed by atoms with Gasteiger partial charge in [-0.15, -0.1) is 0 Å². The van der Waals surface area contributed by atoms with Crippen LogP contribution in [0, 0.1) is 0 Å². The molecule has 4 nitrogen and oxygen atoms in total. The first-order chi connectivity index (χ1) is 10.2. The van der Waals surface area contributed by atoms with Gasteiger partial charge in [0.25, 0.3) is 0 Å². The van der Waals surface area contributed by atoms with E-state index in [1.165, 1.54) is 0 Å². The number of rotatable bonds is 5. The van der Waals surface area contributed by atoms with Crippen LogP contribution in [0.15, 0.2) is 30.3 Å². The molecule has 0 heterocycles. The van der Waals surface area contributed by atoms with Crippen LogP contribution in [0.1, 0.15) is 50.6 Å². The van der Waals surface area contributed by atoms with E-state index in [1.807, 2.05) is 30.3 Å². The average Bonchev–Trinajstić information content (AvgIpc) is 2.70. The second-order valence-electron chi connectivity index (χ2n) is 5.57. The quantitative estimate of drug-likeness (QED) is 0.646. The predicted molar refractivity (Wildman–Crippen MR) is 81.8 cm³/mol. The average molecular weight is 291 g/mol. The third-order valence-electron chi connectivity index (χ3n) is 4.02. The largest absolute Gasteiger partial charge is 0.465 e. The van der Waals surface area contributed by atoms with Gasteiger partial charge >= 0.3 is 5.97 Å². The molecule has 0 radical (unpaired) electrons. The number of carbonyl (C=O) groups excluding carboxylic acids is 1. The van der Waals surface area contributed by atoms with E-state index >= 15 is 0 Å². The molecule has 1 aliphatic carbocycles. The SMILES string of the molecule is CCOC(=O)C(NC1CCCCCC1O)c1ccccc1. The zero-order valence-electron chi connectivity index (χ0n) is 12.6. The van der Waals surface area contributed by atoms with Crippen LogP contribution < -0.4 is 5.32 Å². The summed E-state index contributed by atoms with van der Waals surface area (Å²) >= 11 is 0. The molecular formula is C17H25NO3. The van der Waals surface area contributed by atoms with E-state index in [-0.39, 0.29) is 12.0 Å². The Bertz CT molecular complexity index is 435. The Morgan fingerprint density at radius 3 is 2.71 bits per heavy atom. The van der Waals surface area contributed by atoms with Crippen molar-refractivity contribution in [3.05, 3.63) is 35.9 Å². The lowest BCUT2D eigenvalue weighted by molar-refractivity contribution is -0.146. The van der Waals surface area contributed by atoms with E-state index in [0.717, 1.165) is 37.7 Å². The van der Waals surface area contributed by atoms with Crippen molar-refractivity contribution in [3.63, 3.8) is 0 Å². The lowest BCUT2D eigenvalue weighted by atomic mass is 10.0. The highest BCUT2D eigenvalue weighted by molar-refractivity contribution is 5.77. The van der Waals surface area contributed by atoms with Gasteiger partial charge in [0.1, 0.15) is 6.04 Å². The maximum absolute atomic E-state index is 12.2. The van der Waals surface area contributed by atoms with Gasteiger partial charge < -0.3 is 9.84 Å². The third kappa shape index (κ3) is 4.55. The normalized spacial score (nSPS) is 24.1. The van der Waals surface area contributed by atoms with Gasteiger partial charge in [0, 0.05) is 6.04 Å². The van der Waals surface area contributed by atoms with Crippen molar-refractivity contribution in [2.75, 3.05) is 6.61 Å². The van der Waals surface area contributed by atoms with Crippen molar-refractivity contribution in [3.8, 4) is 0 Å². The van der Waals surface area contributed by atoms with Gasteiger partial charge in [-0.25, -0.2) is 4.79 Å². The predicted octanol–water partition coefficient (Wildman–Crippen LogP) is 2.57. The molecule has 3 unspecified atom stereocenters. The van der Waals surface area contributed by atoms with Gasteiger partial charge in [-0.05, 0) is 25.3 Å². The second kappa shape index (κ2) is 8.15. The Hall–Kier alpha value is -1.39. The summed E-state index contributed by atoms with van der Waals surface area (Å²) in [5.41, 5.74) is 0.882. The van der Waals surface area contributed by atoms with Gasteiger partial charge in [0.2, 0.25) is 0 Å². The molecule has 4 heteroatoms. The smallest absolute Gasteiger partial charge is 0.327 e. The molecule has 21 heavy (non-hydrogen) atoms. The Kier molecular flexibility index (Phi) is 6.21. The first-order valence-corrected chi connectivity index (χ1v) is 7.88. The molecule has 0 bridgehead atoms. The van der Waals surface area contributed by atoms with Crippen molar-refractivity contribution >= 4 is 5.97 Å². The van der Waals surface area contributed by atoms with E-state index in [0.29, 0.717) is 6.61 Å². The van der Waals surface area contributed by atoms with Gasteiger partial charge in [-0.1, -0.05) is 49.6 Å². The fourth-order valence-electron chi connectivity index (χ4n) is 2.87. The van der Waals surface area contributed by atoms with Crippen molar-refractivity contribution < 1.29 is 14.6 Å². The summed E-state index contributed by atoms with van der Waals surface area (Å²) in [6, 6.07) is 9.01. The topological polar surface area (TPSA) is 58.6 Å². The lowest BCUT2D eigenvalue weighted by Gasteiger charge is -2.27. The summed E-state index contributed by atoms with van der Waals surface area (Å²) in [5, 5.41) is 13.6. The van der Waals surface area contributed by atoms with E-state index < -0.39 is 12.1 Å². The van der Waals surface area contributed by atoms with Crippen LogP contribution in [-0.4, -0.2) is 29.8 Å². The standard InChI is InChI=1S/C17H25NO3/c1-2-21-17(20)16(13-9-5-3-6-10-13)18-14-11-7-4-8-12-15(14)19/h3,5-6,9-10,14-16,18-19H,2,4,7-8,11-12H2,1H3. The molecule has 0 aliphatic heterocycles. The third-order valence-corrected chi connectivity index (χ3v) is 4.02. The fourth-order valence-corrected chi connectivity index (χ4v) is 2.87. The van der Waals surface area contributed by atoms with Gasteiger partial charge in [-0.2, -0.15) is 0 Å². The van der Waals surface area contributed by atoms with Crippen LogP contribution in [0.5, 0.6) is 0 Å².